The van der Waals surface area contributed by atoms with Gasteiger partial charge in [-0.2, -0.15) is 5.21 Å². The van der Waals surface area contributed by atoms with Gasteiger partial charge in [0.05, 0.1) is 5.69 Å². The Labute approximate surface area is 224 Å². The Hall–Kier alpha value is -4.63. The van der Waals surface area contributed by atoms with Crippen molar-refractivity contribution in [2.24, 2.45) is 0 Å². The number of aromatic amines is 1. The van der Waals surface area contributed by atoms with E-state index in [2.05, 4.69) is 103 Å². The van der Waals surface area contributed by atoms with Crippen molar-refractivity contribution in [3.05, 3.63) is 108 Å². The molecule has 0 spiro atoms. The summed E-state index contributed by atoms with van der Waals surface area (Å²) in [5.41, 5.74) is 8.78. The van der Waals surface area contributed by atoms with E-state index in [4.69, 9.17) is 0 Å². The van der Waals surface area contributed by atoms with Crippen molar-refractivity contribution < 1.29 is 0 Å². The summed E-state index contributed by atoms with van der Waals surface area (Å²) in [6, 6.07) is 27.0. The fourth-order valence-corrected chi connectivity index (χ4v) is 5.19. The number of aryl methyl sites for hydroxylation is 2. The molecule has 0 saturated carbocycles. The van der Waals surface area contributed by atoms with Gasteiger partial charge in [-0.15, -0.1) is 20.4 Å². The standard InChI is InChI=1S/C29H24N8S/c1-19-7-12-24(17-20(19)2)37-28(23-13-15-30-16-14-23)33-34-29(37)38-18-21-8-10-22(11-9-21)25-5-3-4-6-26(25)27-31-35-36-32-27/h3-17H,18H2,1-2H3,(H,31,32,35,36). The summed E-state index contributed by atoms with van der Waals surface area (Å²) in [6.45, 7) is 4.25. The number of thioether (sulfide) groups is 1. The zero-order valence-corrected chi connectivity index (χ0v) is 21.7. The number of benzene rings is 3. The maximum absolute atomic E-state index is 4.57. The number of H-pyrrole nitrogens is 1. The molecule has 0 saturated heterocycles. The number of pyridine rings is 1. The molecule has 0 aliphatic heterocycles. The molecule has 3 aromatic carbocycles. The van der Waals surface area contributed by atoms with Crippen LogP contribution in [0.4, 0.5) is 0 Å². The Balaban J connectivity index is 1.28. The van der Waals surface area contributed by atoms with Gasteiger partial charge in [0, 0.05) is 29.3 Å². The van der Waals surface area contributed by atoms with Gasteiger partial charge in [-0.25, -0.2) is 0 Å². The fourth-order valence-electron chi connectivity index (χ4n) is 4.28. The highest BCUT2D eigenvalue weighted by atomic mass is 32.2. The lowest BCUT2D eigenvalue weighted by molar-refractivity contribution is 0.881. The van der Waals surface area contributed by atoms with Gasteiger partial charge in [0.25, 0.3) is 0 Å². The highest BCUT2D eigenvalue weighted by Gasteiger charge is 2.17. The monoisotopic (exact) mass is 516 g/mol. The van der Waals surface area contributed by atoms with E-state index in [0.29, 0.717) is 5.82 Å². The number of tetrazole rings is 1. The van der Waals surface area contributed by atoms with E-state index in [1.54, 1.807) is 24.2 Å². The molecule has 0 amide bonds. The van der Waals surface area contributed by atoms with Gasteiger partial charge in [0.15, 0.2) is 11.0 Å². The number of rotatable bonds is 7. The largest absolute Gasteiger partial charge is 0.270 e. The van der Waals surface area contributed by atoms with Crippen LogP contribution >= 0.6 is 11.8 Å². The van der Waals surface area contributed by atoms with Crippen LogP contribution < -0.4 is 0 Å². The fraction of sp³-hybridized carbons (Fsp3) is 0.103. The van der Waals surface area contributed by atoms with Crippen molar-refractivity contribution in [1.29, 1.82) is 0 Å². The molecule has 0 aliphatic carbocycles. The molecule has 6 rings (SSSR count). The van der Waals surface area contributed by atoms with Crippen molar-refractivity contribution in [2.45, 2.75) is 24.8 Å². The molecule has 3 aromatic heterocycles. The quantitative estimate of drug-likeness (QED) is 0.257. The molecule has 0 atom stereocenters. The molecule has 0 fully saturated rings. The average Bonchev–Trinajstić information content (AvgIpc) is 3.65. The van der Waals surface area contributed by atoms with Crippen LogP contribution in [0.3, 0.4) is 0 Å². The first-order chi connectivity index (χ1) is 18.7. The molecule has 6 aromatic rings. The normalized spacial score (nSPS) is 11.1. The van der Waals surface area contributed by atoms with Crippen molar-refractivity contribution in [2.75, 3.05) is 0 Å². The number of hydrogen-bond donors (Lipinski definition) is 1. The second kappa shape index (κ2) is 10.4. The van der Waals surface area contributed by atoms with Crippen molar-refractivity contribution >= 4 is 11.8 Å². The van der Waals surface area contributed by atoms with Crippen LogP contribution in [-0.2, 0) is 5.75 Å². The molecule has 38 heavy (non-hydrogen) atoms. The number of nitrogens with one attached hydrogen (secondary N) is 1. The molecule has 0 unspecified atom stereocenters. The van der Waals surface area contributed by atoms with Gasteiger partial charge in [-0.05, 0) is 71.1 Å². The summed E-state index contributed by atoms with van der Waals surface area (Å²) < 4.78 is 2.13. The van der Waals surface area contributed by atoms with Crippen LogP contribution in [0.15, 0.2) is 96.4 Å². The highest BCUT2D eigenvalue weighted by Crippen LogP contribution is 2.32. The smallest absolute Gasteiger partial charge is 0.205 e. The van der Waals surface area contributed by atoms with E-state index >= 15 is 0 Å². The van der Waals surface area contributed by atoms with Crippen LogP contribution in [0.2, 0.25) is 0 Å². The lowest BCUT2D eigenvalue weighted by atomic mass is 9.98. The maximum Gasteiger partial charge on any atom is 0.205 e. The van der Waals surface area contributed by atoms with Crippen molar-refractivity contribution in [3.63, 3.8) is 0 Å². The molecule has 0 radical (unpaired) electrons. The summed E-state index contributed by atoms with van der Waals surface area (Å²) in [5, 5.41) is 24.5. The number of hydrogen-bond acceptors (Lipinski definition) is 7. The molecular weight excluding hydrogens is 492 g/mol. The third-order valence-corrected chi connectivity index (χ3v) is 7.47. The first-order valence-corrected chi connectivity index (χ1v) is 13.1. The maximum atomic E-state index is 4.57. The van der Waals surface area contributed by atoms with Gasteiger partial charge < -0.3 is 0 Å². The van der Waals surface area contributed by atoms with Gasteiger partial charge in [0.1, 0.15) is 0 Å². The van der Waals surface area contributed by atoms with E-state index in [0.717, 1.165) is 44.7 Å². The second-order valence-electron chi connectivity index (χ2n) is 8.91. The van der Waals surface area contributed by atoms with Crippen molar-refractivity contribution in [1.82, 2.24) is 40.4 Å². The number of nitrogens with zero attached hydrogens (tertiary/aromatic N) is 7. The predicted octanol–water partition coefficient (Wildman–Crippen LogP) is 6.09. The lowest BCUT2D eigenvalue weighted by Gasteiger charge is -2.12. The second-order valence-corrected chi connectivity index (χ2v) is 9.86. The van der Waals surface area contributed by atoms with E-state index in [1.807, 2.05) is 30.3 Å². The lowest BCUT2D eigenvalue weighted by Crippen LogP contribution is -2.01. The van der Waals surface area contributed by atoms with Gasteiger partial charge >= 0.3 is 0 Å². The third kappa shape index (κ3) is 4.71. The zero-order chi connectivity index (χ0) is 25.9. The van der Waals surface area contributed by atoms with E-state index in [9.17, 15) is 0 Å². The van der Waals surface area contributed by atoms with Gasteiger partial charge in [-0.1, -0.05) is 66.4 Å². The molecule has 3 heterocycles. The van der Waals surface area contributed by atoms with E-state index in [-0.39, 0.29) is 0 Å². The van der Waals surface area contributed by atoms with Crippen LogP contribution in [0.25, 0.3) is 39.6 Å². The van der Waals surface area contributed by atoms with Crippen LogP contribution in [0.5, 0.6) is 0 Å². The molecule has 9 heteroatoms. The predicted molar refractivity (Wildman–Crippen MR) is 149 cm³/mol. The minimum absolute atomic E-state index is 0.580. The molecular formula is C29H24N8S. The van der Waals surface area contributed by atoms with Crippen LogP contribution in [0.1, 0.15) is 16.7 Å². The minimum Gasteiger partial charge on any atom is -0.270 e. The van der Waals surface area contributed by atoms with Crippen LogP contribution in [-0.4, -0.2) is 40.4 Å². The van der Waals surface area contributed by atoms with Gasteiger partial charge in [-0.3, -0.25) is 9.55 Å². The first-order valence-electron chi connectivity index (χ1n) is 12.2. The first kappa shape index (κ1) is 23.7. The topological polar surface area (TPSA) is 98.1 Å². The Bertz CT molecular complexity index is 1680. The Morgan fingerprint density at radius 1 is 0.763 bits per heavy atom. The van der Waals surface area contributed by atoms with E-state index < -0.39 is 0 Å². The number of aromatic nitrogens is 8. The summed E-state index contributed by atoms with van der Waals surface area (Å²) in [6.07, 6.45) is 3.56. The Morgan fingerprint density at radius 3 is 2.29 bits per heavy atom. The summed E-state index contributed by atoms with van der Waals surface area (Å²) >= 11 is 1.66. The minimum atomic E-state index is 0.580. The van der Waals surface area contributed by atoms with E-state index in [1.165, 1.54) is 16.7 Å². The summed E-state index contributed by atoms with van der Waals surface area (Å²) in [7, 11) is 0. The summed E-state index contributed by atoms with van der Waals surface area (Å²) in [5.74, 6) is 2.13. The van der Waals surface area contributed by atoms with Crippen molar-refractivity contribution in [3.8, 4) is 39.6 Å². The molecule has 0 bridgehead atoms. The SMILES string of the molecule is Cc1ccc(-n2c(SCc3ccc(-c4ccccc4-c4nn[nH]n4)cc3)nnc2-c2ccncc2)cc1C. The average molecular weight is 517 g/mol. The molecule has 0 aliphatic rings. The zero-order valence-electron chi connectivity index (χ0n) is 20.9. The van der Waals surface area contributed by atoms with Gasteiger partial charge in [0.2, 0.25) is 5.82 Å². The Kier molecular flexibility index (Phi) is 6.49. The highest BCUT2D eigenvalue weighted by molar-refractivity contribution is 7.98. The molecule has 186 valence electrons. The van der Waals surface area contributed by atoms with Crippen LogP contribution in [0, 0.1) is 13.8 Å². The Morgan fingerprint density at radius 2 is 1.55 bits per heavy atom. The third-order valence-electron chi connectivity index (χ3n) is 6.47. The summed E-state index contributed by atoms with van der Waals surface area (Å²) in [4.78, 5) is 4.16. The molecule has 1 N–H and O–H groups in total. The molecule has 8 nitrogen and oxygen atoms in total.